The number of ether oxygens (including phenoxy) is 2. The molecule has 8 nitrogen and oxygen atoms in total. The van der Waals surface area contributed by atoms with Crippen LogP contribution in [-0.2, 0) is 13.0 Å². The van der Waals surface area contributed by atoms with Gasteiger partial charge in [-0.15, -0.1) is 0 Å². The van der Waals surface area contributed by atoms with E-state index < -0.39 is 0 Å². The molecule has 6 rings (SSSR count). The Morgan fingerprint density at radius 3 is 2.40 bits per heavy atom. The summed E-state index contributed by atoms with van der Waals surface area (Å²) in [6, 6.07) is 29.1. The Bertz CT molecular complexity index is 1640. The number of rotatable bonds is 6. The lowest BCUT2D eigenvalue weighted by Crippen LogP contribution is -2.38. The fourth-order valence-corrected chi connectivity index (χ4v) is 5.42. The first kappa shape index (κ1) is 25.3. The van der Waals surface area contributed by atoms with E-state index in [0.29, 0.717) is 23.7 Å². The lowest BCUT2D eigenvalue weighted by atomic mass is 10.0. The van der Waals surface area contributed by atoms with Gasteiger partial charge in [0, 0.05) is 17.8 Å². The number of fused-ring (bicyclic) bond motifs is 3. The summed E-state index contributed by atoms with van der Waals surface area (Å²) in [5.41, 5.74) is 5.49. The number of benzene rings is 3. The number of aromatic nitrogens is 3. The van der Waals surface area contributed by atoms with Crippen LogP contribution >= 0.6 is 0 Å². The van der Waals surface area contributed by atoms with E-state index in [1.807, 2.05) is 52.0 Å². The number of aryl methyl sites for hydroxylation is 1. The molecule has 3 aromatic carbocycles. The van der Waals surface area contributed by atoms with Gasteiger partial charge in [-0.05, 0) is 48.4 Å². The molecule has 0 unspecified atom stereocenters. The van der Waals surface area contributed by atoms with Crippen molar-refractivity contribution >= 4 is 11.7 Å². The molecule has 3 heterocycles. The number of nitrogens with zero attached hydrogens (tertiary/aromatic N) is 4. The second kappa shape index (κ2) is 10.6. The summed E-state index contributed by atoms with van der Waals surface area (Å²) in [7, 11) is 3.18. The molecule has 2 aromatic heterocycles. The Hall–Kier alpha value is -4.98. The highest BCUT2D eigenvalue weighted by atomic mass is 16.5. The molecule has 1 atom stereocenters. The number of para-hydroxylation sites is 1. The SMILES string of the molecule is CCc1nn(-c2ccccc2)c2c1CN(C(=O)Nc1ccc(OC)cc1OC)[C@@H](c1ccccc1)c1cccn1-2. The molecule has 0 bridgehead atoms. The van der Waals surface area contributed by atoms with E-state index in [-0.39, 0.29) is 12.1 Å². The second-order valence-corrected chi connectivity index (χ2v) is 9.59. The van der Waals surface area contributed by atoms with Gasteiger partial charge in [-0.1, -0.05) is 55.5 Å². The van der Waals surface area contributed by atoms with Gasteiger partial charge in [-0.3, -0.25) is 0 Å². The highest BCUT2D eigenvalue weighted by molar-refractivity contribution is 5.92. The fraction of sp³-hybridized carbons (Fsp3) is 0.188. The Kier molecular flexibility index (Phi) is 6.74. The van der Waals surface area contributed by atoms with Crippen molar-refractivity contribution in [3.8, 4) is 23.0 Å². The monoisotopic (exact) mass is 533 g/mol. The number of hydrogen-bond acceptors (Lipinski definition) is 4. The Morgan fingerprint density at radius 2 is 1.70 bits per heavy atom. The minimum Gasteiger partial charge on any atom is -0.497 e. The number of carbonyl (C=O) groups excluding carboxylic acids is 1. The van der Waals surface area contributed by atoms with E-state index in [0.717, 1.165) is 40.4 Å². The summed E-state index contributed by atoms with van der Waals surface area (Å²) in [5, 5.41) is 8.14. The van der Waals surface area contributed by atoms with E-state index in [9.17, 15) is 4.79 Å². The Labute approximate surface area is 233 Å². The average Bonchev–Trinajstić information content (AvgIpc) is 3.59. The first-order valence-electron chi connectivity index (χ1n) is 13.3. The van der Waals surface area contributed by atoms with Crippen molar-refractivity contribution in [2.45, 2.75) is 25.9 Å². The lowest BCUT2D eigenvalue weighted by molar-refractivity contribution is 0.194. The van der Waals surface area contributed by atoms with Gasteiger partial charge in [0.25, 0.3) is 0 Å². The van der Waals surface area contributed by atoms with Crippen molar-refractivity contribution in [1.29, 1.82) is 0 Å². The van der Waals surface area contributed by atoms with Crippen LogP contribution in [0.5, 0.6) is 11.5 Å². The molecule has 2 amide bonds. The summed E-state index contributed by atoms with van der Waals surface area (Å²) < 4.78 is 15.1. The van der Waals surface area contributed by atoms with Crippen LogP contribution in [-0.4, -0.2) is 39.5 Å². The molecule has 0 saturated heterocycles. The van der Waals surface area contributed by atoms with Crippen LogP contribution in [0.2, 0.25) is 0 Å². The summed E-state index contributed by atoms with van der Waals surface area (Å²) in [5.74, 6) is 2.12. The smallest absolute Gasteiger partial charge is 0.323 e. The zero-order valence-corrected chi connectivity index (χ0v) is 22.7. The number of hydrogen-bond donors (Lipinski definition) is 1. The summed E-state index contributed by atoms with van der Waals surface area (Å²) in [4.78, 5) is 16.1. The highest BCUT2D eigenvalue weighted by Gasteiger charge is 2.36. The third-order valence-electron chi connectivity index (χ3n) is 7.33. The maximum Gasteiger partial charge on any atom is 0.323 e. The molecule has 0 radical (unpaired) electrons. The Balaban J connectivity index is 1.52. The third kappa shape index (κ3) is 4.37. The molecule has 1 aliphatic rings. The van der Waals surface area contributed by atoms with Crippen LogP contribution in [0.1, 0.15) is 35.5 Å². The largest absolute Gasteiger partial charge is 0.497 e. The number of methoxy groups -OCH3 is 2. The molecule has 0 aliphatic carbocycles. The predicted octanol–water partition coefficient (Wildman–Crippen LogP) is 6.38. The van der Waals surface area contributed by atoms with Crippen molar-refractivity contribution in [2.75, 3.05) is 19.5 Å². The minimum absolute atomic E-state index is 0.243. The van der Waals surface area contributed by atoms with E-state index in [1.54, 1.807) is 32.4 Å². The molecule has 5 aromatic rings. The molecule has 8 heteroatoms. The quantitative estimate of drug-likeness (QED) is 0.275. The van der Waals surface area contributed by atoms with Gasteiger partial charge in [0.1, 0.15) is 17.3 Å². The molecular formula is C32H31N5O3. The van der Waals surface area contributed by atoms with Gasteiger partial charge in [0.15, 0.2) is 0 Å². The summed E-state index contributed by atoms with van der Waals surface area (Å²) in [6.07, 6.45) is 2.79. The van der Waals surface area contributed by atoms with Crippen molar-refractivity contribution in [2.24, 2.45) is 0 Å². The molecule has 202 valence electrons. The van der Waals surface area contributed by atoms with Crippen LogP contribution in [0.3, 0.4) is 0 Å². The Morgan fingerprint density at radius 1 is 0.950 bits per heavy atom. The minimum atomic E-state index is -0.346. The topological polar surface area (TPSA) is 73.6 Å². The summed E-state index contributed by atoms with van der Waals surface area (Å²) >= 11 is 0. The molecule has 0 spiro atoms. The number of urea groups is 1. The van der Waals surface area contributed by atoms with Crippen LogP contribution in [0.25, 0.3) is 11.5 Å². The highest BCUT2D eigenvalue weighted by Crippen LogP contribution is 2.39. The lowest BCUT2D eigenvalue weighted by Gasteiger charge is -2.31. The van der Waals surface area contributed by atoms with Crippen molar-refractivity contribution in [1.82, 2.24) is 19.2 Å². The van der Waals surface area contributed by atoms with Crippen LogP contribution < -0.4 is 14.8 Å². The van der Waals surface area contributed by atoms with Crippen molar-refractivity contribution in [3.05, 3.63) is 120 Å². The van der Waals surface area contributed by atoms with Gasteiger partial charge >= 0.3 is 6.03 Å². The van der Waals surface area contributed by atoms with E-state index in [1.165, 1.54) is 0 Å². The first-order valence-corrected chi connectivity index (χ1v) is 13.3. The van der Waals surface area contributed by atoms with E-state index in [2.05, 4.69) is 53.3 Å². The van der Waals surface area contributed by atoms with Gasteiger partial charge in [-0.25, -0.2) is 9.48 Å². The number of amides is 2. The van der Waals surface area contributed by atoms with Crippen LogP contribution in [0.4, 0.5) is 10.5 Å². The van der Waals surface area contributed by atoms with Crippen molar-refractivity contribution < 1.29 is 14.3 Å². The molecule has 0 fully saturated rings. The average molecular weight is 534 g/mol. The number of nitrogens with one attached hydrogen (secondary N) is 1. The zero-order chi connectivity index (χ0) is 27.6. The predicted molar refractivity (Wildman–Crippen MR) is 155 cm³/mol. The second-order valence-electron chi connectivity index (χ2n) is 9.59. The van der Waals surface area contributed by atoms with Crippen LogP contribution in [0.15, 0.2) is 97.2 Å². The number of anilines is 1. The molecular weight excluding hydrogens is 502 g/mol. The van der Waals surface area contributed by atoms with Crippen LogP contribution in [0, 0.1) is 0 Å². The molecule has 40 heavy (non-hydrogen) atoms. The van der Waals surface area contributed by atoms with Gasteiger partial charge < -0.3 is 24.3 Å². The maximum atomic E-state index is 14.2. The van der Waals surface area contributed by atoms with E-state index >= 15 is 0 Å². The van der Waals surface area contributed by atoms with E-state index in [4.69, 9.17) is 14.6 Å². The molecule has 1 aliphatic heterocycles. The molecule has 0 saturated carbocycles. The molecule has 1 N–H and O–H groups in total. The first-order chi connectivity index (χ1) is 19.6. The van der Waals surface area contributed by atoms with Gasteiger partial charge in [0.05, 0.1) is 49.6 Å². The zero-order valence-electron chi connectivity index (χ0n) is 22.7. The fourth-order valence-electron chi connectivity index (χ4n) is 5.42. The summed E-state index contributed by atoms with van der Waals surface area (Å²) in [6.45, 7) is 2.47. The van der Waals surface area contributed by atoms with Gasteiger partial charge in [0.2, 0.25) is 0 Å². The standard InChI is InChI=1S/C32H31N5O3/c1-4-26-25-21-36(32(38)33-27-18-17-24(39-2)20-29(27)40-3)30(22-12-7-5-8-13-22)28-16-11-19-35(28)31(25)37(34-26)23-14-9-6-10-15-23/h5-20,30H,4,21H2,1-3H3,(H,33,38)/t30-/m0/s1. The third-order valence-corrected chi connectivity index (χ3v) is 7.33. The van der Waals surface area contributed by atoms with Gasteiger partial charge in [-0.2, -0.15) is 5.10 Å². The normalized spacial score (nSPS) is 14.2. The maximum absolute atomic E-state index is 14.2. The number of carbonyl (C=O) groups is 1. The van der Waals surface area contributed by atoms with Crippen molar-refractivity contribution in [3.63, 3.8) is 0 Å².